The summed E-state index contributed by atoms with van der Waals surface area (Å²) in [5, 5.41) is 2.78. The Morgan fingerprint density at radius 1 is 1.29 bits per heavy atom. The van der Waals surface area contributed by atoms with Crippen LogP contribution in [0, 0.1) is 0 Å². The molecule has 2 rings (SSSR count). The quantitative estimate of drug-likeness (QED) is 0.809. The van der Waals surface area contributed by atoms with E-state index >= 15 is 0 Å². The summed E-state index contributed by atoms with van der Waals surface area (Å²) >= 11 is 3.23. The van der Waals surface area contributed by atoms with E-state index in [1.165, 1.54) is 6.07 Å². The van der Waals surface area contributed by atoms with Crippen molar-refractivity contribution in [2.75, 3.05) is 18.9 Å². The first-order valence-corrected chi connectivity index (χ1v) is 8.52. The molecular formula is C13H15BrN4O2S. The fourth-order valence-corrected chi connectivity index (χ4v) is 3.47. The standard InChI is InChI=1S/C13H15BrN4O2S/c1-15-13-12(8-11(14)9-17-13)21(19,20)18-7-4-10-2-5-16-6-3-10/h2-3,5-6,8-9,18H,4,7H2,1H3,(H,15,17). The molecule has 0 aliphatic heterocycles. The zero-order chi connectivity index (χ0) is 15.3. The lowest BCUT2D eigenvalue weighted by Gasteiger charge is -2.10. The van der Waals surface area contributed by atoms with Crippen LogP contribution in [-0.4, -0.2) is 32.0 Å². The van der Waals surface area contributed by atoms with E-state index in [2.05, 4.69) is 35.9 Å². The summed E-state index contributed by atoms with van der Waals surface area (Å²) < 4.78 is 27.8. The minimum absolute atomic E-state index is 0.120. The second-order valence-corrected chi connectivity index (χ2v) is 6.90. The molecule has 0 radical (unpaired) electrons. The monoisotopic (exact) mass is 370 g/mol. The summed E-state index contributed by atoms with van der Waals surface area (Å²) in [6.45, 7) is 0.308. The molecule has 6 nitrogen and oxygen atoms in total. The first kappa shape index (κ1) is 15.9. The Kier molecular flexibility index (Phi) is 5.27. The highest BCUT2D eigenvalue weighted by Gasteiger charge is 2.19. The van der Waals surface area contributed by atoms with Crippen LogP contribution < -0.4 is 10.0 Å². The van der Waals surface area contributed by atoms with E-state index in [0.717, 1.165) is 5.56 Å². The van der Waals surface area contributed by atoms with E-state index in [0.29, 0.717) is 23.3 Å². The van der Waals surface area contributed by atoms with E-state index in [1.54, 1.807) is 25.6 Å². The molecule has 0 aliphatic rings. The lowest BCUT2D eigenvalue weighted by Crippen LogP contribution is -2.27. The summed E-state index contributed by atoms with van der Waals surface area (Å²) in [6.07, 6.45) is 5.50. The van der Waals surface area contributed by atoms with Crippen molar-refractivity contribution in [2.24, 2.45) is 0 Å². The maximum Gasteiger partial charge on any atom is 0.244 e. The molecule has 0 unspecified atom stereocenters. The molecule has 21 heavy (non-hydrogen) atoms. The number of pyridine rings is 2. The van der Waals surface area contributed by atoms with Crippen molar-refractivity contribution in [1.29, 1.82) is 0 Å². The minimum Gasteiger partial charge on any atom is -0.372 e. The summed E-state index contributed by atoms with van der Waals surface area (Å²) in [4.78, 5) is 8.09. The number of anilines is 1. The van der Waals surface area contributed by atoms with Gasteiger partial charge in [-0.25, -0.2) is 18.1 Å². The van der Waals surface area contributed by atoms with Crippen LogP contribution in [0.1, 0.15) is 5.56 Å². The van der Waals surface area contributed by atoms with Gasteiger partial charge < -0.3 is 5.32 Å². The molecule has 0 aliphatic carbocycles. The van der Waals surface area contributed by atoms with Gasteiger partial charge in [0.2, 0.25) is 10.0 Å². The highest BCUT2D eigenvalue weighted by Crippen LogP contribution is 2.22. The minimum atomic E-state index is -3.62. The van der Waals surface area contributed by atoms with Gasteiger partial charge in [-0.15, -0.1) is 0 Å². The number of sulfonamides is 1. The Balaban J connectivity index is 2.10. The third-order valence-electron chi connectivity index (χ3n) is 2.80. The fourth-order valence-electron chi connectivity index (χ4n) is 1.77. The number of nitrogens with one attached hydrogen (secondary N) is 2. The van der Waals surface area contributed by atoms with Gasteiger partial charge in [0.1, 0.15) is 10.7 Å². The van der Waals surface area contributed by atoms with Crippen LogP contribution in [0.25, 0.3) is 0 Å². The van der Waals surface area contributed by atoms with Gasteiger partial charge in [0.05, 0.1) is 0 Å². The summed E-state index contributed by atoms with van der Waals surface area (Å²) in [5.41, 5.74) is 1.02. The van der Waals surface area contributed by atoms with E-state index in [-0.39, 0.29) is 4.90 Å². The van der Waals surface area contributed by atoms with E-state index in [9.17, 15) is 8.42 Å². The molecule has 0 spiro atoms. The topological polar surface area (TPSA) is 84.0 Å². The van der Waals surface area contributed by atoms with Gasteiger partial charge in [-0.2, -0.15) is 0 Å². The molecule has 2 heterocycles. The highest BCUT2D eigenvalue weighted by molar-refractivity contribution is 9.10. The summed E-state index contributed by atoms with van der Waals surface area (Å²) in [5.74, 6) is 0.314. The smallest absolute Gasteiger partial charge is 0.244 e. The van der Waals surface area contributed by atoms with Gasteiger partial charge >= 0.3 is 0 Å². The Labute approximate surface area is 132 Å². The maximum absolute atomic E-state index is 12.3. The van der Waals surface area contributed by atoms with Crippen LogP contribution >= 0.6 is 15.9 Å². The van der Waals surface area contributed by atoms with Crippen molar-refractivity contribution < 1.29 is 8.42 Å². The van der Waals surface area contributed by atoms with Crippen molar-refractivity contribution in [2.45, 2.75) is 11.3 Å². The maximum atomic E-state index is 12.3. The SMILES string of the molecule is CNc1ncc(Br)cc1S(=O)(=O)NCCc1ccncc1. The third-order valence-corrected chi connectivity index (χ3v) is 4.71. The summed E-state index contributed by atoms with van der Waals surface area (Å²) in [7, 11) is -1.99. The molecule has 2 aromatic heterocycles. The first-order valence-electron chi connectivity index (χ1n) is 6.25. The van der Waals surface area contributed by atoms with Crippen molar-refractivity contribution in [3.8, 4) is 0 Å². The predicted molar refractivity (Wildman–Crippen MR) is 84.6 cm³/mol. The van der Waals surface area contributed by atoms with Gasteiger partial charge in [0.15, 0.2) is 0 Å². The Morgan fingerprint density at radius 3 is 2.67 bits per heavy atom. The number of halogens is 1. The van der Waals surface area contributed by atoms with Gasteiger partial charge in [0, 0.05) is 36.7 Å². The molecule has 0 saturated heterocycles. The van der Waals surface area contributed by atoms with Crippen LogP contribution in [0.5, 0.6) is 0 Å². The molecule has 0 aromatic carbocycles. The molecule has 2 aromatic rings. The molecule has 0 fully saturated rings. The molecule has 0 bridgehead atoms. The second-order valence-electron chi connectivity index (χ2n) is 4.25. The average molecular weight is 371 g/mol. The predicted octanol–water partition coefficient (Wildman–Crippen LogP) is 1.80. The lowest BCUT2D eigenvalue weighted by molar-refractivity contribution is 0.581. The average Bonchev–Trinajstić information content (AvgIpc) is 2.48. The molecule has 8 heteroatoms. The van der Waals surface area contributed by atoms with Crippen LogP contribution in [-0.2, 0) is 16.4 Å². The van der Waals surface area contributed by atoms with Crippen LogP contribution in [0.3, 0.4) is 0 Å². The lowest BCUT2D eigenvalue weighted by atomic mass is 10.2. The Morgan fingerprint density at radius 2 is 2.00 bits per heavy atom. The normalized spacial score (nSPS) is 11.3. The van der Waals surface area contributed by atoms with Crippen molar-refractivity contribution in [3.05, 3.63) is 46.8 Å². The number of rotatable bonds is 6. The van der Waals surface area contributed by atoms with E-state index in [1.807, 2.05) is 12.1 Å². The van der Waals surface area contributed by atoms with Crippen molar-refractivity contribution in [3.63, 3.8) is 0 Å². The van der Waals surface area contributed by atoms with Crippen LogP contribution in [0.2, 0.25) is 0 Å². The molecule has 0 saturated carbocycles. The first-order chi connectivity index (χ1) is 10.0. The molecule has 112 valence electrons. The van der Waals surface area contributed by atoms with Gasteiger partial charge in [0.25, 0.3) is 0 Å². The third kappa shape index (κ3) is 4.23. The fraction of sp³-hybridized carbons (Fsp3) is 0.231. The molecular weight excluding hydrogens is 356 g/mol. The highest BCUT2D eigenvalue weighted by atomic mass is 79.9. The van der Waals surface area contributed by atoms with Gasteiger partial charge in [-0.3, -0.25) is 4.98 Å². The zero-order valence-corrected chi connectivity index (χ0v) is 13.8. The molecule has 0 atom stereocenters. The number of hydrogen-bond donors (Lipinski definition) is 2. The number of nitrogens with zero attached hydrogens (tertiary/aromatic N) is 2. The van der Waals surface area contributed by atoms with Gasteiger partial charge in [-0.05, 0) is 46.1 Å². The second kappa shape index (κ2) is 6.97. The number of hydrogen-bond acceptors (Lipinski definition) is 5. The van der Waals surface area contributed by atoms with E-state index < -0.39 is 10.0 Å². The molecule has 2 N–H and O–H groups in total. The van der Waals surface area contributed by atoms with Crippen molar-refractivity contribution in [1.82, 2.24) is 14.7 Å². The van der Waals surface area contributed by atoms with Crippen LogP contribution in [0.4, 0.5) is 5.82 Å². The Bertz CT molecular complexity index is 707. The van der Waals surface area contributed by atoms with E-state index in [4.69, 9.17) is 0 Å². The Hall–Kier alpha value is -1.51. The largest absolute Gasteiger partial charge is 0.372 e. The van der Waals surface area contributed by atoms with Crippen molar-refractivity contribution >= 4 is 31.8 Å². The summed E-state index contributed by atoms with van der Waals surface area (Å²) in [6, 6.07) is 5.23. The number of aromatic nitrogens is 2. The van der Waals surface area contributed by atoms with Gasteiger partial charge in [-0.1, -0.05) is 0 Å². The molecule has 0 amide bonds. The van der Waals surface area contributed by atoms with Crippen LogP contribution in [0.15, 0.2) is 46.2 Å². The zero-order valence-electron chi connectivity index (χ0n) is 11.4.